The molecule has 1 aliphatic heterocycles. The molecule has 1 saturated heterocycles. The quantitative estimate of drug-likeness (QED) is 0.546. The van der Waals surface area contributed by atoms with Gasteiger partial charge in [-0.2, -0.15) is 0 Å². The van der Waals surface area contributed by atoms with Gasteiger partial charge < -0.3 is 20.1 Å². The number of hydrogen-bond acceptors (Lipinski definition) is 4. The summed E-state index contributed by atoms with van der Waals surface area (Å²) in [5, 5.41) is 14.9. The number of rotatable bonds is 7. The number of likely N-dealkylation sites (tertiary alicyclic amines) is 1. The van der Waals surface area contributed by atoms with Crippen LogP contribution in [0, 0.1) is 5.92 Å². The van der Waals surface area contributed by atoms with Crippen LogP contribution in [0.4, 0.5) is 0 Å². The van der Waals surface area contributed by atoms with E-state index in [1.807, 2.05) is 4.57 Å². The first-order chi connectivity index (χ1) is 13.7. The molecule has 8 nitrogen and oxygen atoms in total. The van der Waals surface area contributed by atoms with Crippen molar-refractivity contribution in [3.05, 3.63) is 12.2 Å². The van der Waals surface area contributed by atoms with Crippen molar-refractivity contribution in [2.24, 2.45) is 10.9 Å². The fourth-order valence-corrected chi connectivity index (χ4v) is 4.21. The number of carbonyl (C=O) groups is 1. The third-order valence-electron chi connectivity index (χ3n) is 5.76. The van der Waals surface area contributed by atoms with Gasteiger partial charge in [0.25, 0.3) is 0 Å². The Morgan fingerprint density at radius 1 is 1.25 bits per heavy atom. The van der Waals surface area contributed by atoms with Crippen molar-refractivity contribution in [1.82, 2.24) is 30.3 Å². The maximum atomic E-state index is 12.8. The largest absolute Gasteiger partial charge is 0.357 e. The van der Waals surface area contributed by atoms with E-state index in [9.17, 15) is 4.79 Å². The van der Waals surface area contributed by atoms with E-state index in [2.05, 4.69) is 39.6 Å². The molecule has 28 heavy (non-hydrogen) atoms. The number of aromatic nitrogens is 3. The Morgan fingerprint density at radius 3 is 2.82 bits per heavy atom. The summed E-state index contributed by atoms with van der Waals surface area (Å²) in [6.07, 6.45) is 9.44. The van der Waals surface area contributed by atoms with Gasteiger partial charge in [0.2, 0.25) is 5.91 Å². The summed E-state index contributed by atoms with van der Waals surface area (Å²) in [5.41, 5.74) is 0. The average molecular weight is 390 g/mol. The van der Waals surface area contributed by atoms with Crippen LogP contribution in [0.1, 0.15) is 58.2 Å². The van der Waals surface area contributed by atoms with Gasteiger partial charge in [0.05, 0.1) is 6.54 Å². The van der Waals surface area contributed by atoms with Crippen molar-refractivity contribution >= 4 is 11.9 Å². The van der Waals surface area contributed by atoms with Gasteiger partial charge in [-0.15, -0.1) is 10.2 Å². The van der Waals surface area contributed by atoms with Crippen LogP contribution in [-0.4, -0.2) is 63.8 Å². The van der Waals surface area contributed by atoms with E-state index in [1.54, 1.807) is 6.33 Å². The molecule has 0 radical (unpaired) electrons. The predicted octanol–water partition coefficient (Wildman–Crippen LogP) is 1.58. The van der Waals surface area contributed by atoms with Gasteiger partial charge in [-0.1, -0.05) is 26.2 Å². The van der Waals surface area contributed by atoms with E-state index < -0.39 is 0 Å². The minimum absolute atomic E-state index is 0.256. The molecule has 1 amide bonds. The summed E-state index contributed by atoms with van der Waals surface area (Å²) in [4.78, 5) is 19.5. The number of carbonyl (C=O) groups excluding carboxylic acids is 1. The molecular formula is C20H35N7O. The number of aliphatic imine (C=N–C) groups is 1. The number of aryl methyl sites for hydroxylation is 1. The average Bonchev–Trinajstić information content (AvgIpc) is 3.37. The molecule has 2 N–H and O–H groups in total. The summed E-state index contributed by atoms with van der Waals surface area (Å²) in [7, 11) is 0. The molecule has 0 bridgehead atoms. The van der Waals surface area contributed by atoms with Crippen LogP contribution < -0.4 is 10.6 Å². The zero-order valence-electron chi connectivity index (χ0n) is 17.4. The Hall–Kier alpha value is -2.12. The first-order valence-electron chi connectivity index (χ1n) is 10.9. The van der Waals surface area contributed by atoms with Gasteiger partial charge in [0.1, 0.15) is 12.2 Å². The number of nitrogens with one attached hydrogen (secondary N) is 2. The van der Waals surface area contributed by atoms with Gasteiger partial charge in [-0.25, -0.2) is 0 Å². The van der Waals surface area contributed by atoms with E-state index in [0.717, 1.165) is 63.6 Å². The van der Waals surface area contributed by atoms with Crippen LogP contribution in [-0.2, 0) is 17.8 Å². The third kappa shape index (κ3) is 5.45. The SMILES string of the molecule is CCNC(=NCCn1cnnc1CC)NC1CCN(C(=O)C2CCCCC2)C1. The normalized spacial score (nSPS) is 21.1. The molecule has 2 aliphatic rings. The number of guanidine groups is 1. The van der Waals surface area contributed by atoms with Crippen molar-refractivity contribution in [2.45, 2.75) is 71.4 Å². The molecule has 2 heterocycles. The second-order valence-electron chi connectivity index (χ2n) is 7.80. The van der Waals surface area contributed by atoms with Gasteiger partial charge in [0.15, 0.2) is 5.96 Å². The highest BCUT2D eigenvalue weighted by atomic mass is 16.2. The minimum atomic E-state index is 0.256. The standard InChI is InChI=1S/C20H35N7O/c1-3-18-25-23-15-27(18)13-11-22-20(21-4-2)24-17-10-12-26(14-17)19(28)16-8-6-5-7-9-16/h15-17H,3-14H2,1-2H3,(H2,21,22,24). The first-order valence-corrected chi connectivity index (χ1v) is 10.9. The molecule has 1 aliphatic carbocycles. The van der Waals surface area contributed by atoms with Crippen LogP contribution in [0.25, 0.3) is 0 Å². The molecule has 3 rings (SSSR count). The highest BCUT2D eigenvalue weighted by Crippen LogP contribution is 2.26. The lowest BCUT2D eigenvalue weighted by Crippen LogP contribution is -2.45. The predicted molar refractivity (Wildman–Crippen MR) is 110 cm³/mol. The summed E-state index contributed by atoms with van der Waals surface area (Å²) < 4.78 is 2.05. The topological polar surface area (TPSA) is 87.4 Å². The van der Waals surface area contributed by atoms with Gasteiger partial charge in [-0.05, 0) is 26.2 Å². The monoisotopic (exact) mass is 389 g/mol. The number of nitrogens with zero attached hydrogens (tertiary/aromatic N) is 5. The fraction of sp³-hybridized carbons (Fsp3) is 0.800. The van der Waals surface area contributed by atoms with Crippen LogP contribution in [0.5, 0.6) is 0 Å². The van der Waals surface area contributed by atoms with Gasteiger partial charge >= 0.3 is 0 Å². The van der Waals surface area contributed by atoms with Crippen molar-refractivity contribution < 1.29 is 4.79 Å². The molecule has 1 aromatic heterocycles. The Balaban J connectivity index is 1.49. The molecule has 1 unspecified atom stereocenters. The lowest BCUT2D eigenvalue weighted by molar-refractivity contribution is -0.135. The van der Waals surface area contributed by atoms with Gasteiger partial charge in [0, 0.05) is 44.6 Å². The second-order valence-corrected chi connectivity index (χ2v) is 7.80. The highest BCUT2D eigenvalue weighted by molar-refractivity contribution is 5.81. The number of hydrogen-bond donors (Lipinski definition) is 2. The van der Waals surface area contributed by atoms with E-state index in [1.165, 1.54) is 19.3 Å². The first kappa shape index (κ1) is 20.6. The van der Waals surface area contributed by atoms with E-state index in [4.69, 9.17) is 4.99 Å². The van der Waals surface area contributed by atoms with Crippen molar-refractivity contribution in [2.75, 3.05) is 26.2 Å². The van der Waals surface area contributed by atoms with Crippen LogP contribution >= 0.6 is 0 Å². The van der Waals surface area contributed by atoms with Crippen LogP contribution in [0.3, 0.4) is 0 Å². The maximum Gasteiger partial charge on any atom is 0.225 e. The maximum absolute atomic E-state index is 12.8. The minimum Gasteiger partial charge on any atom is -0.357 e. The lowest BCUT2D eigenvalue weighted by atomic mass is 9.88. The Kier molecular flexibility index (Phi) is 7.68. The highest BCUT2D eigenvalue weighted by Gasteiger charge is 2.31. The van der Waals surface area contributed by atoms with E-state index >= 15 is 0 Å². The smallest absolute Gasteiger partial charge is 0.225 e. The summed E-state index contributed by atoms with van der Waals surface area (Å²) >= 11 is 0. The Labute approximate surface area is 168 Å². The molecular weight excluding hydrogens is 354 g/mol. The Bertz CT molecular complexity index is 651. The summed E-state index contributed by atoms with van der Waals surface area (Å²) in [6.45, 7) is 8.03. The summed E-state index contributed by atoms with van der Waals surface area (Å²) in [6, 6.07) is 0.270. The molecule has 0 spiro atoms. The zero-order chi connectivity index (χ0) is 19.8. The van der Waals surface area contributed by atoms with Crippen molar-refractivity contribution in [3.63, 3.8) is 0 Å². The molecule has 1 aromatic rings. The van der Waals surface area contributed by atoms with E-state index in [-0.39, 0.29) is 12.0 Å². The van der Waals surface area contributed by atoms with Crippen molar-refractivity contribution in [1.29, 1.82) is 0 Å². The lowest BCUT2D eigenvalue weighted by Gasteiger charge is -2.26. The second kappa shape index (κ2) is 10.4. The number of amides is 1. The molecule has 1 atom stereocenters. The van der Waals surface area contributed by atoms with E-state index in [0.29, 0.717) is 12.5 Å². The van der Waals surface area contributed by atoms with Crippen LogP contribution in [0.2, 0.25) is 0 Å². The fourth-order valence-electron chi connectivity index (χ4n) is 4.21. The molecule has 8 heteroatoms. The van der Waals surface area contributed by atoms with Gasteiger partial charge in [-0.3, -0.25) is 9.79 Å². The zero-order valence-corrected chi connectivity index (χ0v) is 17.4. The molecule has 1 saturated carbocycles. The van der Waals surface area contributed by atoms with Crippen molar-refractivity contribution in [3.8, 4) is 0 Å². The Morgan fingerprint density at radius 2 is 2.07 bits per heavy atom. The molecule has 156 valence electrons. The third-order valence-corrected chi connectivity index (χ3v) is 5.76. The van der Waals surface area contributed by atoms with Crippen LogP contribution in [0.15, 0.2) is 11.3 Å². The molecule has 2 fully saturated rings. The summed E-state index contributed by atoms with van der Waals surface area (Å²) in [5.74, 6) is 2.43. The molecule has 0 aromatic carbocycles.